The molecule has 0 aromatic heterocycles. The van der Waals surface area contributed by atoms with Crippen molar-refractivity contribution in [3.63, 3.8) is 0 Å². The van der Waals surface area contributed by atoms with Gasteiger partial charge in [-0.25, -0.2) is 4.39 Å². The minimum absolute atomic E-state index is 0.0548. The van der Waals surface area contributed by atoms with Crippen LogP contribution < -0.4 is 11.1 Å². The third-order valence-electron chi connectivity index (χ3n) is 2.47. The highest BCUT2D eigenvalue weighted by Crippen LogP contribution is 2.27. The highest BCUT2D eigenvalue weighted by molar-refractivity contribution is 8.00. The van der Waals surface area contributed by atoms with Crippen LogP contribution in [0.2, 0.25) is 0 Å². The van der Waals surface area contributed by atoms with E-state index in [2.05, 4.69) is 5.32 Å². The minimum atomic E-state index is -0.453. The van der Waals surface area contributed by atoms with Crippen molar-refractivity contribution in [2.24, 2.45) is 0 Å². The lowest BCUT2D eigenvalue weighted by atomic mass is 10.2. The quantitative estimate of drug-likeness (QED) is 0.779. The highest BCUT2D eigenvalue weighted by Gasteiger charge is 2.23. The number of anilines is 2. The standard InChI is InChI=1S/C11H13FN2OS/c12-8-4-3-7(13)6-9(8)14-11(15)10-2-1-5-16-10/h3-4,6,10H,1-2,5,13H2,(H,14,15). The van der Waals surface area contributed by atoms with E-state index in [9.17, 15) is 9.18 Å². The topological polar surface area (TPSA) is 55.1 Å². The van der Waals surface area contributed by atoms with Crippen molar-refractivity contribution in [1.29, 1.82) is 0 Å². The Morgan fingerprint density at radius 1 is 1.56 bits per heavy atom. The predicted octanol–water partition coefficient (Wildman–Crippen LogP) is 2.24. The zero-order valence-corrected chi connectivity index (χ0v) is 9.52. The molecule has 5 heteroatoms. The molecule has 86 valence electrons. The molecule has 0 radical (unpaired) electrons. The number of benzene rings is 1. The first-order valence-corrected chi connectivity index (χ1v) is 6.19. The van der Waals surface area contributed by atoms with E-state index < -0.39 is 5.82 Å². The van der Waals surface area contributed by atoms with Gasteiger partial charge in [0.05, 0.1) is 10.9 Å². The van der Waals surface area contributed by atoms with Crippen LogP contribution in [0.5, 0.6) is 0 Å². The molecule has 3 N–H and O–H groups in total. The molecule has 1 aliphatic heterocycles. The highest BCUT2D eigenvalue weighted by atomic mass is 32.2. The van der Waals surface area contributed by atoms with Crippen molar-refractivity contribution in [3.8, 4) is 0 Å². The summed E-state index contributed by atoms with van der Waals surface area (Å²) in [5.41, 5.74) is 6.14. The Hall–Kier alpha value is -1.23. The Labute approximate surface area is 97.6 Å². The molecule has 1 aromatic rings. The molecule has 1 amide bonds. The third kappa shape index (κ3) is 2.47. The van der Waals surface area contributed by atoms with E-state index in [4.69, 9.17) is 5.73 Å². The normalized spacial score (nSPS) is 19.7. The second-order valence-electron chi connectivity index (χ2n) is 3.73. The summed E-state index contributed by atoms with van der Waals surface area (Å²) in [6, 6.07) is 4.16. The van der Waals surface area contributed by atoms with Crippen molar-refractivity contribution < 1.29 is 9.18 Å². The molecule has 1 unspecified atom stereocenters. The number of thioether (sulfide) groups is 1. The van der Waals surface area contributed by atoms with Crippen LogP contribution in [0.1, 0.15) is 12.8 Å². The van der Waals surface area contributed by atoms with Crippen molar-refractivity contribution in [2.75, 3.05) is 16.8 Å². The Balaban J connectivity index is 2.07. The van der Waals surface area contributed by atoms with E-state index in [1.807, 2.05) is 0 Å². The maximum absolute atomic E-state index is 13.3. The maximum atomic E-state index is 13.3. The largest absolute Gasteiger partial charge is 0.399 e. The van der Waals surface area contributed by atoms with Crippen molar-refractivity contribution >= 4 is 29.0 Å². The average molecular weight is 240 g/mol. The van der Waals surface area contributed by atoms with Crippen LogP contribution in [0.15, 0.2) is 18.2 Å². The summed E-state index contributed by atoms with van der Waals surface area (Å²) >= 11 is 1.61. The van der Waals surface area contributed by atoms with Gasteiger partial charge in [-0.05, 0) is 36.8 Å². The zero-order chi connectivity index (χ0) is 11.5. The molecule has 1 aliphatic rings. The first-order chi connectivity index (χ1) is 7.66. The Bertz CT molecular complexity index is 405. The number of nitrogens with two attached hydrogens (primary N) is 1. The molecule has 1 heterocycles. The number of carbonyl (C=O) groups is 1. The lowest BCUT2D eigenvalue weighted by Gasteiger charge is -2.10. The number of nitrogens with one attached hydrogen (secondary N) is 1. The first kappa shape index (κ1) is 11.3. The van der Waals surface area contributed by atoms with Gasteiger partial charge in [0.1, 0.15) is 5.82 Å². The molecule has 16 heavy (non-hydrogen) atoms. The molecule has 2 rings (SSSR count). The number of hydrogen-bond acceptors (Lipinski definition) is 3. The lowest BCUT2D eigenvalue weighted by Crippen LogP contribution is -2.23. The molecule has 1 fully saturated rings. The summed E-state index contributed by atoms with van der Waals surface area (Å²) in [6.07, 6.45) is 1.91. The fraction of sp³-hybridized carbons (Fsp3) is 0.364. The van der Waals surface area contributed by atoms with Gasteiger partial charge < -0.3 is 11.1 Å². The van der Waals surface area contributed by atoms with Gasteiger partial charge in [-0.3, -0.25) is 4.79 Å². The summed E-state index contributed by atoms with van der Waals surface area (Å²) in [4.78, 5) is 11.7. The molecular formula is C11H13FN2OS. The van der Waals surface area contributed by atoms with Gasteiger partial charge >= 0.3 is 0 Å². The second-order valence-corrected chi connectivity index (χ2v) is 5.04. The summed E-state index contributed by atoms with van der Waals surface area (Å²) in [6.45, 7) is 0. The van der Waals surface area contributed by atoms with E-state index in [0.29, 0.717) is 5.69 Å². The Morgan fingerprint density at radius 2 is 2.38 bits per heavy atom. The molecule has 0 bridgehead atoms. The summed E-state index contributed by atoms with van der Waals surface area (Å²) < 4.78 is 13.3. The van der Waals surface area contributed by atoms with Gasteiger partial charge in [0.2, 0.25) is 5.91 Å². The van der Waals surface area contributed by atoms with E-state index in [0.717, 1.165) is 18.6 Å². The first-order valence-electron chi connectivity index (χ1n) is 5.14. The van der Waals surface area contributed by atoms with Gasteiger partial charge in [-0.15, -0.1) is 11.8 Å². The maximum Gasteiger partial charge on any atom is 0.237 e. The van der Waals surface area contributed by atoms with Gasteiger partial charge in [0.15, 0.2) is 0 Å². The van der Waals surface area contributed by atoms with E-state index >= 15 is 0 Å². The molecular weight excluding hydrogens is 227 g/mol. The van der Waals surface area contributed by atoms with E-state index in [-0.39, 0.29) is 16.8 Å². The molecule has 0 saturated carbocycles. The van der Waals surface area contributed by atoms with Crippen LogP contribution in [0.4, 0.5) is 15.8 Å². The summed E-state index contributed by atoms with van der Waals surface area (Å²) in [7, 11) is 0. The molecule has 1 atom stereocenters. The van der Waals surface area contributed by atoms with Crippen molar-refractivity contribution in [3.05, 3.63) is 24.0 Å². The van der Waals surface area contributed by atoms with E-state index in [1.165, 1.54) is 18.2 Å². The van der Waals surface area contributed by atoms with Crippen molar-refractivity contribution in [2.45, 2.75) is 18.1 Å². The summed E-state index contributed by atoms with van der Waals surface area (Å²) in [5, 5.41) is 2.52. The van der Waals surface area contributed by atoms with Gasteiger partial charge in [0, 0.05) is 5.69 Å². The van der Waals surface area contributed by atoms with Crippen molar-refractivity contribution in [1.82, 2.24) is 0 Å². The van der Waals surface area contributed by atoms with Gasteiger partial charge in [0.25, 0.3) is 0 Å². The number of hydrogen-bond donors (Lipinski definition) is 2. The molecule has 0 spiro atoms. The van der Waals surface area contributed by atoms with Gasteiger partial charge in [-0.1, -0.05) is 0 Å². The second kappa shape index (κ2) is 4.74. The Morgan fingerprint density at radius 3 is 3.06 bits per heavy atom. The third-order valence-corrected chi connectivity index (χ3v) is 3.85. The van der Waals surface area contributed by atoms with Crippen LogP contribution in [-0.4, -0.2) is 16.9 Å². The molecule has 1 saturated heterocycles. The monoisotopic (exact) mass is 240 g/mol. The predicted molar refractivity (Wildman–Crippen MR) is 64.9 cm³/mol. The molecule has 3 nitrogen and oxygen atoms in total. The fourth-order valence-electron chi connectivity index (χ4n) is 1.64. The number of halogens is 1. The number of rotatable bonds is 2. The lowest BCUT2D eigenvalue weighted by molar-refractivity contribution is -0.115. The smallest absolute Gasteiger partial charge is 0.237 e. The van der Waals surface area contributed by atoms with Crippen LogP contribution >= 0.6 is 11.8 Å². The average Bonchev–Trinajstić information content (AvgIpc) is 2.76. The number of carbonyl (C=O) groups excluding carboxylic acids is 1. The van der Waals surface area contributed by atoms with Crippen LogP contribution in [0.3, 0.4) is 0 Å². The van der Waals surface area contributed by atoms with E-state index in [1.54, 1.807) is 11.8 Å². The SMILES string of the molecule is Nc1ccc(F)c(NC(=O)C2CCCS2)c1. The zero-order valence-electron chi connectivity index (χ0n) is 8.70. The minimum Gasteiger partial charge on any atom is -0.399 e. The van der Waals surface area contributed by atoms with Crippen LogP contribution in [0, 0.1) is 5.82 Å². The van der Waals surface area contributed by atoms with Crippen LogP contribution in [-0.2, 0) is 4.79 Å². The fourth-order valence-corrected chi connectivity index (χ4v) is 2.80. The van der Waals surface area contributed by atoms with Crippen LogP contribution in [0.25, 0.3) is 0 Å². The molecule has 0 aliphatic carbocycles. The van der Waals surface area contributed by atoms with Gasteiger partial charge in [-0.2, -0.15) is 0 Å². The Kier molecular flexibility index (Phi) is 3.33. The molecule has 1 aromatic carbocycles. The summed E-state index contributed by atoms with van der Waals surface area (Å²) in [5.74, 6) is 0.412. The number of amides is 1. The number of nitrogen functional groups attached to an aromatic ring is 1.